The van der Waals surface area contributed by atoms with E-state index in [9.17, 15) is 9.90 Å². The van der Waals surface area contributed by atoms with Crippen LogP contribution in [0.5, 0.6) is 0 Å². The molecule has 0 saturated heterocycles. The molecule has 4 aliphatic rings. The number of allylic oxidation sites excluding steroid dienone is 1. The summed E-state index contributed by atoms with van der Waals surface area (Å²) in [7, 11) is 0. The average Bonchev–Trinajstić information content (AvgIpc) is 3.10. The molecule has 1 amide bonds. The van der Waals surface area contributed by atoms with Crippen LogP contribution in [0.1, 0.15) is 13.3 Å². The third kappa shape index (κ3) is 1.66. The second-order valence-electron chi connectivity index (χ2n) is 5.34. The Morgan fingerprint density at radius 3 is 2.82 bits per heavy atom. The van der Waals surface area contributed by atoms with E-state index < -0.39 is 0 Å². The fraction of sp³-hybridized carbons (Fsp3) is 0.769. The standard InChI is InChI=1S/C13H19NO3/c1-2-17-13(16)14-12-8-4-3-7(11(12)6-15)9-5-10(8)9/h3-4,7-12,15H,2,5-6H2,1H3,(H,14,16). The van der Waals surface area contributed by atoms with E-state index in [2.05, 4.69) is 17.5 Å². The maximum absolute atomic E-state index is 11.5. The molecule has 0 radical (unpaired) electrons. The minimum Gasteiger partial charge on any atom is -0.450 e. The number of hydrogen-bond donors (Lipinski definition) is 2. The van der Waals surface area contributed by atoms with Crippen LogP contribution in [0.4, 0.5) is 4.79 Å². The Morgan fingerprint density at radius 2 is 2.12 bits per heavy atom. The van der Waals surface area contributed by atoms with Crippen molar-refractivity contribution in [1.29, 1.82) is 0 Å². The number of nitrogens with one attached hydrogen (secondary N) is 1. The Hall–Kier alpha value is -1.03. The highest BCUT2D eigenvalue weighted by Gasteiger charge is 2.59. The van der Waals surface area contributed by atoms with Gasteiger partial charge in [0.05, 0.1) is 6.61 Å². The van der Waals surface area contributed by atoms with Crippen LogP contribution in [-0.2, 0) is 4.74 Å². The Kier molecular flexibility index (Phi) is 2.62. The summed E-state index contributed by atoms with van der Waals surface area (Å²) in [6.07, 6.45) is 5.36. The zero-order chi connectivity index (χ0) is 12.0. The van der Waals surface area contributed by atoms with Crippen molar-refractivity contribution in [1.82, 2.24) is 5.32 Å². The number of amides is 1. The van der Waals surface area contributed by atoms with E-state index in [1.807, 2.05) is 0 Å². The molecule has 2 N–H and O–H groups in total. The van der Waals surface area contributed by atoms with Crippen molar-refractivity contribution in [3.63, 3.8) is 0 Å². The third-order valence-corrected chi connectivity index (χ3v) is 4.58. The van der Waals surface area contributed by atoms with Crippen molar-refractivity contribution < 1.29 is 14.6 Å². The van der Waals surface area contributed by atoms with Crippen molar-refractivity contribution in [3.05, 3.63) is 12.2 Å². The van der Waals surface area contributed by atoms with Gasteiger partial charge in [0.15, 0.2) is 0 Å². The van der Waals surface area contributed by atoms with Gasteiger partial charge in [-0.1, -0.05) is 12.2 Å². The molecule has 0 heterocycles. The van der Waals surface area contributed by atoms with Gasteiger partial charge in [-0.05, 0) is 31.1 Å². The van der Waals surface area contributed by atoms with Gasteiger partial charge in [-0.15, -0.1) is 0 Å². The lowest BCUT2D eigenvalue weighted by atomic mass is 9.66. The topological polar surface area (TPSA) is 58.6 Å². The molecule has 6 atom stereocenters. The van der Waals surface area contributed by atoms with Gasteiger partial charge in [0.25, 0.3) is 0 Å². The first-order valence-electron chi connectivity index (χ1n) is 6.48. The van der Waals surface area contributed by atoms with Gasteiger partial charge >= 0.3 is 6.09 Å². The van der Waals surface area contributed by atoms with Crippen LogP contribution in [0, 0.1) is 29.6 Å². The SMILES string of the molecule is CCOC(=O)NC1C2C=CC(C3CC23)C1CO. The molecule has 4 aliphatic carbocycles. The zero-order valence-electron chi connectivity index (χ0n) is 10.0. The van der Waals surface area contributed by atoms with Crippen LogP contribution in [0.3, 0.4) is 0 Å². The van der Waals surface area contributed by atoms with Crippen LogP contribution in [-0.4, -0.2) is 30.5 Å². The van der Waals surface area contributed by atoms with Crippen molar-refractivity contribution in [2.75, 3.05) is 13.2 Å². The fourth-order valence-corrected chi connectivity index (χ4v) is 3.78. The highest BCUT2D eigenvalue weighted by atomic mass is 16.5. The van der Waals surface area contributed by atoms with Gasteiger partial charge < -0.3 is 15.2 Å². The number of ether oxygens (including phenoxy) is 1. The Balaban J connectivity index is 1.74. The first-order valence-corrected chi connectivity index (χ1v) is 6.48. The summed E-state index contributed by atoms with van der Waals surface area (Å²) >= 11 is 0. The van der Waals surface area contributed by atoms with Crippen molar-refractivity contribution in [2.24, 2.45) is 29.6 Å². The number of carbonyl (C=O) groups excluding carboxylic acids is 1. The predicted molar refractivity (Wildman–Crippen MR) is 62.2 cm³/mol. The minimum absolute atomic E-state index is 0.0535. The van der Waals surface area contributed by atoms with Gasteiger partial charge in [-0.2, -0.15) is 0 Å². The molecule has 0 aromatic heterocycles. The number of carbonyl (C=O) groups is 1. The Morgan fingerprint density at radius 1 is 1.41 bits per heavy atom. The summed E-state index contributed by atoms with van der Waals surface area (Å²) in [5.41, 5.74) is 0. The molecular formula is C13H19NO3. The van der Waals surface area contributed by atoms with E-state index >= 15 is 0 Å². The van der Waals surface area contributed by atoms with E-state index in [-0.39, 0.29) is 24.7 Å². The summed E-state index contributed by atoms with van der Waals surface area (Å²) in [6, 6.07) is 0.0535. The molecule has 4 heteroatoms. The number of aliphatic hydroxyl groups is 1. The molecular weight excluding hydrogens is 218 g/mol. The zero-order valence-corrected chi connectivity index (χ0v) is 10.0. The lowest BCUT2D eigenvalue weighted by Gasteiger charge is -2.43. The highest BCUT2D eigenvalue weighted by Crippen LogP contribution is 2.61. The van der Waals surface area contributed by atoms with Crippen molar-refractivity contribution >= 4 is 6.09 Å². The van der Waals surface area contributed by atoms with Crippen molar-refractivity contribution in [2.45, 2.75) is 19.4 Å². The predicted octanol–water partition coefficient (Wildman–Crippen LogP) is 1.16. The lowest BCUT2D eigenvalue weighted by molar-refractivity contribution is 0.0719. The number of hydrogen-bond acceptors (Lipinski definition) is 3. The molecule has 2 bridgehead atoms. The second-order valence-corrected chi connectivity index (χ2v) is 5.34. The largest absolute Gasteiger partial charge is 0.450 e. The molecule has 4 rings (SSSR count). The maximum atomic E-state index is 11.5. The summed E-state index contributed by atoms with van der Waals surface area (Å²) in [5.74, 6) is 2.48. The van der Waals surface area contributed by atoms with Crippen LogP contribution < -0.4 is 5.32 Å². The normalized spacial score (nSPS) is 45.3. The van der Waals surface area contributed by atoms with E-state index in [0.717, 1.165) is 11.8 Å². The van der Waals surface area contributed by atoms with E-state index in [1.165, 1.54) is 6.42 Å². The van der Waals surface area contributed by atoms with Gasteiger partial charge in [0.2, 0.25) is 0 Å². The van der Waals surface area contributed by atoms with Crippen LogP contribution in [0.25, 0.3) is 0 Å². The van der Waals surface area contributed by atoms with Crippen LogP contribution in [0.15, 0.2) is 12.2 Å². The van der Waals surface area contributed by atoms with Gasteiger partial charge in [0, 0.05) is 24.5 Å². The highest BCUT2D eigenvalue weighted by molar-refractivity contribution is 5.67. The smallest absolute Gasteiger partial charge is 0.407 e. The van der Waals surface area contributed by atoms with E-state index in [0.29, 0.717) is 18.4 Å². The molecule has 2 fully saturated rings. The number of alkyl carbamates (subject to hydrolysis) is 1. The minimum atomic E-state index is -0.353. The lowest BCUT2D eigenvalue weighted by Crippen LogP contribution is -2.54. The molecule has 6 unspecified atom stereocenters. The maximum Gasteiger partial charge on any atom is 0.407 e. The van der Waals surface area contributed by atoms with E-state index in [4.69, 9.17) is 4.74 Å². The van der Waals surface area contributed by atoms with Gasteiger partial charge in [-0.25, -0.2) is 4.79 Å². The molecule has 4 nitrogen and oxygen atoms in total. The molecule has 0 aromatic carbocycles. The quantitative estimate of drug-likeness (QED) is 0.724. The average molecular weight is 237 g/mol. The van der Waals surface area contributed by atoms with Crippen molar-refractivity contribution in [3.8, 4) is 0 Å². The number of rotatable bonds is 3. The molecule has 17 heavy (non-hydrogen) atoms. The number of aliphatic hydroxyl groups excluding tert-OH is 1. The first-order chi connectivity index (χ1) is 8.26. The van der Waals surface area contributed by atoms with Gasteiger partial charge in [0.1, 0.15) is 0 Å². The summed E-state index contributed by atoms with van der Waals surface area (Å²) < 4.78 is 4.94. The first kappa shape index (κ1) is 11.1. The third-order valence-electron chi connectivity index (χ3n) is 4.58. The van der Waals surface area contributed by atoms with E-state index in [1.54, 1.807) is 6.92 Å². The molecule has 0 spiro atoms. The fourth-order valence-electron chi connectivity index (χ4n) is 3.78. The number of fused-ring (bicyclic) bond motifs is 1. The molecule has 2 saturated carbocycles. The Labute approximate surface area is 101 Å². The second kappa shape index (κ2) is 4.02. The van der Waals surface area contributed by atoms with Crippen LogP contribution >= 0.6 is 0 Å². The summed E-state index contributed by atoms with van der Waals surface area (Å²) in [6.45, 7) is 2.33. The molecule has 0 aliphatic heterocycles. The van der Waals surface area contributed by atoms with Gasteiger partial charge in [-0.3, -0.25) is 0 Å². The summed E-state index contributed by atoms with van der Waals surface area (Å²) in [4.78, 5) is 11.5. The molecule has 0 aromatic rings. The Bertz CT molecular complexity index is 355. The van der Waals surface area contributed by atoms with Crippen LogP contribution in [0.2, 0.25) is 0 Å². The monoisotopic (exact) mass is 237 g/mol. The summed E-state index contributed by atoms with van der Waals surface area (Å²) in [5, 5.41) is 12.5. The molecule has 94 valence electrons.